The Morgan fingerprint density at radius 1 is 1.00 bits per heavy atom. The zero-order valence-electron chi connectivity index (χ0n) is 12.6. The summed E-state index contributed by atoms with van der Waals surface area (Å²) in [5, 5.41) is 17.8. The third kappa shape index (κ3) is 4.43. The van der Waals surface area contributed by atoms with Crippen molar-refractivity contribution in [3.63, 3.8) is 0 Å². The van der Waals surface area contributed by atoms with Crippen LogP contribution >= 0.6 is 0 Å². The quantitative estimate of drug-likeness (QED) is 0.617. The van der Waals surface area contributed by atoms with Crippen molar-refractivity contribution in [3.05, 3.63) is 42.0 Å². The van der Waals surface area contributed by atoms with E-state index in [0.717, 1.165) is 31.8 Å². The summed E-state index contributed by atoms with van der Waals surface area (Å²) in [5.41, 5.74) is 1.21. The molecule has 2 rings (SSSR count). The lowest BCUT2D eigenvalue weighted by atomic mass is 10.0. The number of nitrogens with one attached hydrogen (secondary N) is 2. The molecular formula is C17H24N2O2. The summed E-state index contributed by atoms with van der Waals surface area (Å²) in [4.78, 5) is 0. The van der Waals surface area contributed by atoms with Gasteiger partial charge in [0.05, 0.1) is 13.7 Å². The van der Waals surface area contributed by atoms with E-state index in [9.17, 15) is 0 Å². The average Bonchev–Trinajstić information content (AvgIpc) is 2.54. The number of rotatable bonds is 9. The van der Waals surface area contributed by atoms with Gasteiger partial charge in [-0.2, -0.15) is 0 Å². The summed E-state index contributed by atoms with van der Waals surface area (Å²) in [5.74, 6) is 0.930. The molecule has 2 aromatic carbocycles. The minimum absolute atomic E-state index is 0.195. The van der Waals surface area contributed by atoms with Crippen molar-refractivity contribution < 1.29 is 9.84 Å². The average molecular weight is 288 g/mol. The van der Waals surface area contributed by atoms with Crippen molar-refractivity contribution in [1.82, 2.24) is 10.6 Å². The van der Waals surface area contributed by atoms with Gasteiger partial charge in [-0.1, -0.05) is 30.3 Å². The van der Waals surface area contributed by atoms with E-state index in [4.69, 9.17) is 9.84 Å². The van der Waals surface area contributed by atoms with Crippen LogP contribution in [0.2, 0.25) is 0 Å². The van der Waals surface area contributed by atoms with Crippen molar-refractivity contribution in [2.75, 3.05) is 33.4 Å². The fourth-order valence-corrected chi connectivity index (χ4v) is 2.45. The number of benzene rings is 2. The molecule has 0 bridgehead atoms. The summed E-state index contributed by atoms with van der Waals surface area (Å²) >= 11 is 0. The second-order valence-electron chi connectivity index (χ2n) is 4.97. The molecule has 0 radical (unpaired) electrons. The normalized spacial score (nSPS) is 11.0. The molecule has 0 unspecified atom stereocenters. The fourth-order valence-electron chi connectivity index (χ4n) is 2.45. The minimum atomic E-state index is 0.195. The maximum Gasteiger partial charge on any atom is 0.123 e. The highest BCUT2D eigenvalue weighted by Crippen LogP contribution is 2.27. The van der Waals surface area contributed by atoms with Crippen LogP contribution in [0.4, 0.5) is 0 Å². The number of fused-ring (bicyclic) bond motifs is 1. The molecule has 0 aliphatic rings. The Balaban J connectivity index is 1.94. The van der Waals surface area contributed by atoms with Crippen LogP contribution in [0.5, 0.6) is 5.75 Å². The number of aliphatic hydroxyl groups is 1. The van der Waals surface area contributed by atoms with Crippen LogP contribution in [-0.2, 0) is 6.54 Å². The maximum atomic E-state index is 8.68. The predicted molar refractivity (Wildman–Crippen MR) is 86.8 cm³/mol. The van der Waals surface area contributed by atoms with Crippen LogP contribution in [0.3, 0.4) is 0 Å². The maximum absolute atomic E-state index is 8.68. The lowest BCUT2D eigenvalue weighted by Crippen LogP contribution is -2.24. The molecule has 0 saturated heterocycles. The Hall–Kier alpha value is -1.62. The first-order chi connectivity index (χ1) is 10.4. The van der Waals surface area contributed by atoms with Crippen molar-refractivity contribution in [2.45, 2.75) is 13.0 Å². The second-order valence-corrected chi connectivity index (χ2v) is 4.97. The van der Waals surface area contributed by atoms with Crippen molar-refractivity contribution >= 4 is 10.8 Å². The summed E-state index contributed by atoms with van der Waals surface area (Å²) in [6.45, 7) is 3.51. The molecule has 0 aromatic heterocycles. The van der Waals surface area contributed by atoms with Crippen molar-refractivity contribution in [1.29, 1.82) is 0 Å². The van der Waals surface area contributed by atoms with Crippen LogP contribution in [0.25, 0.3) is 10.8 Å². The second kappa shape index (κ2) is 8.62. The van der Waals surface area contributed by atoms with Gasteiger partial charge in [0.2, 0.25) is 0 Å². The smallest absolute Gasteiger partial charge is 0.123 e. The van der Waals surface area contributed by atoms with E-state index in [1.807, 2.05) is 6.07 Å². The SMILES string of the molecule is COc1ccc2ccccc2c1CNCCCNCCO. The molecule has 2 aromatic rings. The number of aliphatic hydroxyl groups excluding tert-OH is 1. The predicted octanol–water partition coefficient (Wildman–Crippen LogP) is 1.91. The van der Waals surface area contributed by atoms with Gasteiger partial charge in [-0.3, -0.25) is 0 Å². The van der Waals surface area contributed by atoms with Crippen molar-refractivity contribution in [3.8, 4) is 5.75 Å². The third-order valence-electron chi connectivity index (χ3n) is 3.51. The highest BCUT2D eigenvalue weighted by atomic mass is 16.5. The van der Waals surface area contributed by atoms with Gasteiger partial charge >= 0.3 is 0 Å². The summed E-state index contributed by atoms with van der Waals surface area (Å²) in [6, 6.07) is 12.5. The molecule has 114 valence electrons. The first-order valence-electron chi connectivity index (χ1n) is 7.43. The third-order valence-corrected chi connectivity index (χ3v) is 3.51. The first-order valence-corrected chi connectivity index (χ1v) is 7.43. The van der Waals surface area contributed by atoms with Crippen LogP contribution in [0, 0.1) is 0 Å². The van der Waals surface area contributed by atoms with E-state index >= 15 is 0 Å². The summed E-state index contributed by atoms with van der Waals surface area (Å²) in [6.07, 6.45) is 1.03. The lowest BCUT2D eigenvalue weighted by Gasteiger charge is -2.13. The van der Waals surface area contributed by atoms with Gasteiger partial charge in [0.15, 0.2) is 0 Å². The van der Waals surface area contributed by atoms with Gasteiger partial charge in [-0.15, -0.1) is 0 Å². The van der Waals surface area contributed by atoms with Gasteiger partial charge in [0.25, 0.3) is 0 Å². The van der Waals surface area contributed by atoms with E-state index in [1.165, 1.54) is 16.3 Å². The molecule has 4 heteroatoms. The molecule has 0 spiro atoms. The van der Waals surface area contributed by atoms with Gasteiger partial charge in [0, 0.05) is 18.7 Å². The molecule has 0 fully saturated rings. The van der Waals surface area contributed by atoms with E-state index < -0.39 is 0 Å². The molecule has 4 nitrogen and oxygen atoms in total. The molecule has 0 saturated carbocycles. The highest BCUT2D eigenvalue weighted by molar-refractivity contribution is 5.87. The van der Waals surface area contributed by atoms with E-state index in [-0.39, 0.29) is 6.61 Å². The molecule has 0 atom stereocenters. The van der Waals surface area contributed by atoms with E-state index in [0.29, 0.717) is 6.54 Å². The number of ether oxygens (including phenoxy) is 1. The Bertz CT molecular complexity index is 557. The standard InChI is InChI=1S/C17H24N2O2/c1-21-17-8-7-14-5-2-3-6-15(14)16(17)13-19-10-4-9-18-11-12-20/h2-3,5-8,18-20H,4,9-13H2,1H3. The van der Waals surface area contributed by atoms with Gasteiger partial charge < -0.3 is 20.5 Å². The molecule has 21 heavy (non-hydrogen) atoms. The zero-order valence-corrected chi connectivity index (χ0v) is 12.6. The number of hydrogen-bond acceptors (Lipinski definition) is 4. The Labute approximate surface area is 126 Å². The number of hydrogen-bond donors (Lipinski definition) is 3. The van der Waals surface area contributed by atoms with Gasteiger partial charge in [-0.25, -0.2) is 0 Å². The van der Waals surface area contributed by atoms with Crippen molar-refractivity contribution in [2.24, 2.45) is 0 Å². The monoisotopic (exact) mass is 288 g/mol. The molecular weight excluding hydrogens is 264 g/mol. The Morgan fingerprint density at radius 2 is 1.81 bits per heavy atom. The highest BCUT2D eigenvalue weighted by Gasteiger charge is 2.07. The molecule has 3 N–H and O–H groups in total. The fraction of sp³-hybridized carbons (Fsp3) is 0.412. The number of methoxy groups -OCH3 is 1. The van der Waals surface area contributed by atoms with E-state index in [1.54, 1.807) is 7.11 Å². The summed E-state index contributed by atoms with van der Waals surface area (Å²) < 4.78 is 5.48. The van der Waals surface area contributed by atoms with E-state index in [2.05, 4.69) is 41.0 Å². The molecule has 0 heterocycles. The van der Waals surface area contributed by atoms with Crippen LogP contribution in [0.1, 0.15) is 12.0 Å². The van der Waals surface area contributed by atoms with Crippen LogP contribution < -0.4 is 15.4 Å². The van der Waals surface area contributed by atoms with Gasteiger partial charge in [-0.05, 0) is 36.3 Å². The largest absolute Gasteiger partial charge is 0.496 e. The first kappa shape index (κ1) is 15.8. The minimum Gasteiger partial charge on any atom is -0.496 e. The Morgan fingerprint density at radius 3 is 2.62 bits per heavy atom. The lowest BCUT2D eigenvalue weighted by molar-refractivity contribution is 0.292. The summed E-state index contributed by atoms with van der Waals surface area (Å²) in [7, 11) is 1.71. The van der Waals surface area contributed by atoms with Crippen LogP contribution in [-0.4, -0.2) is 38.5 Å². The van der Waals surface area contributed by atoms with Crippen LogP contribution in [0.15, 0.2) is 36.4 Å². The van der Waals surface area contributed by atoms with Gasteiger partial charge in [0.1, 0.15) is 5.75 Å². The zero-order chi connectivity index (χ0) is 14.9. The molecule has 0 aliphatic heterocycles. The topological polar surface area (TPSA) is 53.5 Å². The Kier molecular flexibility index (Phi) is 6.47. The molecule has 0 amide bonds. The molecule has 0 aliphatic carbocycles.